The summed E-state index contributed by atoms with van der Waals surface area (Å²) in [6.45, 7) is 5.63. The number of carbonyl (C=O) groups is 6. The van der Waals surface area contributed by atoms with Gasteiger partial charge in [0.25, 0.3) is 0 Å². The molecule has 1 aromatic carbocycles. The number of ether oxygens (including phenoxy) is 1. The van der Waals surface area contributed by atoms with Gasteiger partial charge in [0.2, 0.25) is 5.91 Å². The SMILES string of the molecule is CC(C)[C@@H]1C(=O)C(C(N)=O)C(=O)[C@@]2(O)C(=O)C3C(=O)c4c(O)ccc(C(=O)CN5CCOCC5)c4C[C@H]3C[C@@H]12. The van der Waals surface area contributed by atoms with Crippen molar-refractivity contribution in [1.82, 2.24) is 4.90 Å². The van der Waals surface area contributed by atoms with Gasteiger partial charge in [-0.2, -0.15) is 0 Å². The number of hydrogen-bond donors (Lipinski definition) is 3. The third-order valence-electron chi connectivity index (χ3n) is 8.97. The Morgan fingerprint density at radius 2 is 1.79 bits per heavy atom. The summed E-state index contributed by atoms with van der Waals surface area (Å²) in [6, 6.07) is 2.70. The first kappa shape index (κ1) is 27.3. The van der Waals surface area contributed by atoms with E-state index in [9.17, 15) is 39.0 Å². The molecular weight excluding hydrogens is 508 g/mol. The number of aromatic hydroxyl groups is 1. The van der Waals surface area contributed by atoms with Gasteiger partial charge in [-0.3, -0.25) is 33.7 Å². The zero-order valence-electron chi connectivity index (χ0n) is 21.8. The highest BCUT2D eigenvalue weighted by atomic mass is 16.5. The number of phenols is 1. The Kier molecular flexibility index (Phi) is 6.80. The maximum Gasteiger partial charge on any atom is 0.235 e. The molecule has 39 heavy (non-hydrogen) atoms. The molecule has 208 valence electrons. The lowest BCUT2D eigenvalue weighted by Gasteiger charge is -2.52. The van der Waals surface area contributed by atoms with Crippen LogP contribution in [-0.4, -0.2) is 88.4 Å². The van der Waals surface area contributed by atoms with Crippen LogP contribution < -0.4 is 5.73 Å². The third-order valence-corrected chi connectivity index (χ3v) is 8.97. The fourth-order valence-electron chi connectivity index (χ4n) is 7.16. The van der Waals surface area contributed by atoms with Crippen molar-refractivity contribution in [1.29, 1.82) is 0 Å². The molecule has 6 atom stereocenters. The summed E-state index contributed by atoms with van der Waals surface area (Å²) in [6.07, 6.45) is 0.0335. The van der Waals surface area contributed by atoms with Gasteiger partial charge < -0.3 is 20.7 Å². The van der Waals surface area contributed by atoms with Crippen LogP contribution in [0.2, 0.25) is 0 Å². The Morgan fingerprint density at radius 1 is 1.13 bits per heavy atom. The predicted octanol–water partition coefficient (Wildman–Crippen LogP) is -0.276. The Balaban J connectivity index is 1.56. The molecule has 0 spiro atoms. The highest BCUT2D eigenvalue weighted by Crippen LogP contribution is 2.53. The molecule has 0 bridgehead atoms. The number of ketones is 5. The van der Waals surface area contributed by atoms with Gasteiger partial charge in [-0.15, -0.1) is 0 Å². The van der Waals surface area contributed by atoms with E-state index >= 15 is 0 Å². The maximum atomic E-state index is 13.9. The summed E-state index contributed by atoms with van der Waals surface area (Å²) in [5, 5.41) is 22.3. The van der Waals surface area contributed by atoms with Gasteiger partial charge in [-0.05, 0) is 42.4 Å². The quantitative estimate of drug-likeness (QED) is 0.332. The molecule has 2 unspecified atom stereocenters. The molecule has 3 fully saturated rings. The Morgan fingerprint density at radius 3 is 2.41 bits per heavy atom. The number of nitrogens with zero attached hydrogens (tertiary/aromatic N) is 1. The number of fused-ring (bicyclic) bond motifs is 3. The maximum absolute atomic E-state index is 13.9. The summed E-state index contributed by atoms with van der Waals surface area (Å²) in [7, 11) is 0. The van der Waals surface area contributed by atoms with E-state index in [0.717, 1.165) is 0 Å². The fraction of sp³-hybridized carbons (Fsp3) is 0.571. The summed E-state index contributed by atoms with van der Waals surface area (Å²) < 4.78 is 5.33. The van der Waals surface area contributed by atoms with E-state index in [1.54, 1.807) is 13.8 Å². The van der Waals surface area contributed by atoms with E-state index < -0.39 is 75.9 Å². The van der Waals surface area contributed by atoms with Gasteiger partial charge >= 0.3 is 0 Å². The van der Waals surface area contributed by atoms with Crippen molar-refractivity contribution in [2.24, 2.45) is 41.2 Å². The van der Waals surface area contributed by atoms with E-state index in [4.69, 9.17) is 10.5 Å². The van der Waals surface area contributed by atoms with Crippen LogP contribution in [0.3, 0.4) is 0 Å². The number of hydrogen-bond acceptors (Lipinski definition) is 10. The molecule has 4 aliphatic rings. The number of carbonyl (C=O) groups excluding carboxylic acids is 6. The molecule has 0 radical (unpaired) electrons. The van der Waals surface area contributed by atoms with Gasteiger partial charge in [0.05, 0.1) is 31.2 Å². The van der Waals surface area contributed by atoms with Gasteiger partial charge in [-0.1, -0.05) is 13.8 Å². The molecule has 1 aromatic rings. The lowest BCUT2D eigenvalue weighted by atomic mass is 9.49. The molecule has 4 N–H and O–H groups in total. The minimum absolute atomic E-state index is 0.0311. The molecule has 11 heteroatoms. The zero-order valence-corrected chi connectivity index (χ0v) is 21.8. The topological polar surface area (TPSA) is 181 Å². The van der Waals surface area contributed by atoms with Crippen molar-refractivity contribution < 1.29 is 43.7 Å². The summed E-state index contributed by atoms with van der Waals surface area (Å²) in [4.78, 5) is 81.5. The van der Waals surface area contributed by atoms with E-state index in [1.807, 2.05) is 4.90 Å². The van der Waals surface area contributed by atoms with Gasteiger partial charge in [0.15, 0.2) is 40.4 Å². The molecule has 3 aliphatic carbocycles. The second-order valence-corrected chi connectivity index (χ2v) is 11.4. The van der Waals surface area contributed by atoms with E-state index in [-0.39, 0.29) is 36.3 Å². The lowest BCUT2D eigenvalue weighted by Crippen LogP contribution is -2.71. The fourth-order valence-corrected chi connectivity index (χ4v) is 7.16. The van der Waals surface area contributed by atoms with E-state index in [0.29, 0.717) is 31.9 Å². The van der Waals surface area contributed by atoms with Crippen LogP contribution in [-0.2, 0) is 30.3 Å². The Bertz CT molecular complexity index is 1300. The molecule has 11 nitrogen and oxygen atoms in total. The van der Waals surface area contributed by atoms with Crippen LogP contribution in [0.1, 0.15) is 46.5 Å². The van der Waals surface area contributed by atoms with Crippen molar-refractivity contribution in [3.63, 3.8) is 0 Å². The molecule has 5 rings (SSSR count). The van der Waals surface area contributed by atoms with Crippen LogP contribution in [0.25, 0.3) is 0 Å². The van der Waals surface area contributed by atoms with Crippen molar-refractivity contribution in [2.45, 2.75) is 32.3 Å². The highest BCUT2D eigenvalue weighted by molar-refractivity contribution is 6.32. The van der Waals surface area contributed by atoms with E-state index in [2.05, 4.69) is 0 Å². The number of morpholine rings is 1. The first-order chi connectivity index (χ1) is 18.4. The average Bonchev–Trinajstić information content (AvgIpc) is 2.86. The summed E-state index contributed by atoms with van der Waals surface area (Å²) in [5.41, 5.74) is 3.02. The molecular formula is C28H32N2O9. The van der Waals surface area contributed by atoms with Crippen molar-refractivity contribution >= 4 is 34.8 Å². The first-order valence-electron chi connectivity index (χ1n) is 13.3. The van der Waals surface area contributed by atoms with Crippen molar-refractivity contribution in [3.05, 3.63) is 28.8 Å². The molecule has 1 heterocycles. The summed E-state index contributed by atoms with van der Waals surface area (Å²) >= 11 is 0. The second-order valence-electron chi connectivity index (χ2n) is 11.4. The monoisotopic (exact) mass is 540 g/mol. The predicted molar refractivity (Wildman–Crippen MR) is 134 cm³/mol. The number of aliphatic hydroxyl groups is 1. The molecule has 0 aromatic heterocycles. The Labute approximate surface area is 224 Å². The number of primary amides is 1. The number of rotatable bonds is 5. The standard InChI is InChI=1S/C28H32N2O9/c1-12(2)19-16-10-13-9-15-14(18(32)11-30-5-7-39-8-6-30)3-4-17(31)21(15)24(34)20(13)25(35)28(16,38)26(36)22(23(19)33)27(29)37/h3-4,12-13,16,19-20,22,31,38H,5-11H2,1-2H3,(H2,29,37)/t13-,16-,19-,20?,22?,28-/m0/s1. The molecule has 2 saturated carbocycles. The average molecular weight is 541 g/mol. The molecule has 1 amide bonds. The summed E-state index contributed by atoms with van der Waals surface area (Å²) in [5.74, 6) is -12.6. The molecule has 1 saturated heterocycles. The number of nitrogens with two attached hydrogens (primary N) is 1. The minimum atomic E-state index is -2.74. The van der Waals surface area contributed by atoms with Gasteiger partial charge in [-0.25, -0.2) is 0 Å². The lowest BCUT2D eigenvalue weighted by molar-refractivity contribution is -0.182. The second kappa shape index (κ2) is 9.72. The van der Waals surface area contributed by atoms with Gasteiger partial charge in [0, 0.05) is 30.5 Å². The third kappa shape index (κ3) is 4.06. The zero-order chi connectivity index (χ0) is 28.4. The molecule has 1 aliphatic heterocycles. The normalized spacial score (nSPS) is 33.0. The minimum Gasteiger partial charge on any atom is -0.507 e. The smallest absolute Gasteiger partial charge is 0.235 e. The van der Waals surface area contributed by atoms with Crippen molar-refractivity contribution in [2.75, 3.05) is 32.8 Å². The number of phenolic OH excluding ortho intramolecular Hbond substituents is 1. The Hall–Kier alpha value is -3.28. The van der Waals surface area contributed by atoms with Crippen LogP contribution in [0.5, 0.6) is 5.75 Å². The first-order valence-corrected chi connectivity index (χ1v) is 13.3. The number of benzene rings is 1. The van der Waals surface area contributed by atoms with Crippen molar-refractivity contribution in [3.8, 4) is 5.75 Å². The van der Waals surface area contributed by atoms with Crippen LogP contribution >= 0.6 is 0 Å². The number of amides is 1. The highest BCUT2D eigenvalue weighted by Gasteiger charge is 2.69. The number of Topliss-reactive ketones (excluding diaryl/α,β-unsaturated/α-hetero) is 5. The van der Waals surface area contributed by atoms with Crippen LogP contribution in [0.4, 0.5) is 0 Å². The van der Waals surface area contributed by atoms with E-state index in [1.165, 1.54) is 12.1 Å². The van der Waals surface area contributed by atoms with Crippen LogP contribution in [0.15, 0.2) is 12.1 Å². The van der Waals surface area contributed by atoms with Crippen LogP contribution in [0, 0.1) is 35.5 Å². The van der Waals surface area contributed by atoms with Gasteiger partial charge in [0.1, 0.15) is 5.75 Å². The largest absolute Gasteiger partial charge is 0.507 e.